The molecule has 0 aromatic heterocycles. The molecule has 20 heavy (non-hydrogen) atoms. The molecule has 2 aliphatic rings. The Kier molecular flexibility index (Phi) is 5.08. The second kappa shape index (κ2) is 6.44. The molecule has 116 valence electrons. The van der Waals surface area contributed by atoms with E-state index in [1.165, 1.54) is 0 Å². The molecule has 0 saturated heterocycles. The molecule has 2 atom stereocenters. The third-order valence-corrected chi connectivity index (χ3v) is 5.14. The van der Waals surface area contributed by atoms with Gasteiger partial charge in [-0.1, -0.05) is 13.3 Å². The number of aliphatic carboxylic acids is 1. The third-order valence-electron chi connectivity index (χ3n) is 5.14. The number of carbonyl (C=O) groups is 1. The van der Waals surface area contributed by atoms with Crippen LogP contribution in [0.4, 0.5) is 0 Å². The Morgan fingerprint density at radius 3 is 2.60 bits per heavy atom. The largest absolute Gasteiger partial charge is 0.480 e. The van der Waals surface area contributed by atoms with E-state index < -0.39 is 11.5 Å². The minimum atomic E-state index is -0.641. The van der Waals surface area contributed by atoms with E-state index in [9.17, 15) is 9.90 Å². The van der Waals surface area contributed by atoms with Crippen LogP contribution in [0.5, 0.6) is 0 Å². The van der Waals surface area contributed by atoms with E-state index in [-0.39, 0.29) is 5.92 Å². The molecule has 2 unspecified atom stereocenters. The summed E-state index contributed by atoms with van der Waals surface area (Å²) in [5.74, 6) is -0.340. The first-order valence-corrected chi connectivity index (χ1v) is 8.24. The van der Waals surface area contributed by atoms with Crippen LogP contribution in [0.3, 0.4) is 0 Å². The van der Waals surface area contributed by atoms with Gasteiger partial charge in [0, 0.05) is 12.1 Å². The van der Waals surface area contributed by atoms with Gasteiger partial charge in [-0.2, -0.15) is 0 Å². The topological polar surface area (TPSA) is 52.6 Å². The fraction of sp³-hybridized carbons (Fsp3) is 0.938. The molecule has 0 heterocycles. The van der Waals surface area contributed by atoms with E-state index in [1.807, 2.05) is 0 Å². The summed E-state index contributed by atoms with van der Waals surface area (Å²) in [6, 6.07) is 0.996. The van der Waals surface area contributed by atoms with E-state index in [2.05, 4.69) is 31.0 Å². The molecule has 2 rings (SSSR count). The number of nitrogens with one attached hydrogen (secondary N) is 1. The monoisotopic (exact) mass is 282 g/mol. The van der Waals surface area contributed by atoms with Gasteiger partial charge in [0.25, 0.3) is 0 Å². The van der Waals surface area contributed by atoms with Gasteiger partial charge in [-0.25, -0.2) is 0 Å². The fourth-order valence-corrected chi connectivity index (χ4v) is 3.70. The highest BCUT2D eigenvalue weighted by atomic mass is 16.4. The second-order valence-corrected chi connectivity index (χ2v) is 6.80. The van der Waals surface area contributed by atoms with Crippen molar-refractivity contribution >= 4 is 5.97 Å². The van der Waals surface area contributed by atoms with Crippen LogP contribution in [0.25, 0.3) is 0 Å². The van der Waals surface area contributed by atoms with Crippen molar-refractivity contribution in [1.29, 1.82) is 0 Å². The summed E-state index contributed by atoms with van der Waals surface area (Å²) in [7, 11) is 0. The van der Waals surface area contributed by atoms with Crippen LogP contribution in [0.15, 0.2) is 0 Å². The quantitative estimate of drug-likeness (QED) is 0.718. The lowest BCUT2D eigenvalue weighted by molar-refractivity contribution is -0.147. The number of hydrogen-bond acceptors (Lipinski definition) is 3. The van der Waals surface area contributed by atoms with Crippen LogP contribution < -0.4 is 5.32 Å². The standard InChI is InChI=1S/C16H30N2O2/c1-4-18(12(2)3)11-9-13-6-5-10-16(13,15(19)20)17-14-7-8-14/h12-14,17H,4-11H2,1-3H3,(H,19,20). The molecule has 2 N–H and O–H groups in total. The molecule has 2 aliphatic carbocycles. The Labute approximate surface area is 122 Å². The summed E-state index contributed by atoms with van der Waals surface area (Å²) >= 11 is 0. The number of hydrogen-bond donors (Lipinski definition) is 2. The van der Waals surface area contributed by atoms with E-state index in [0.29, 0.717) is 12.1 Å². The number of carboxylic acid groups (broad SMARTS) is 1. The van der Waals surface area contributed by atoms with Gasteiger partial charge in [0.1, 0.15) is 5.54 Å². The Balaban J connectivity index is 1.98. The maximum Gasteiger partial charge on any atom is 0.324 e. The van der Waals surface area contributed by atoms with Crippen molar-refractivity contribution in [2.45, 2.75) is 76.9 Å². The lowest BCUT2D eigenvalue weighted by atomic mass is 9.84. The first kappa shape index (κ1) is 15.8. The van der Waals surface area contributed by atoms with Gasteiger partial charge < -0.3 is 10.0 Å². The predicted octanol–water partition coefficient (Wildman–Crippen LogP) is 2.48. The Morgan fingerprint density at radius 2 is 2.10 bits per heavy atom. The second-order valence-electron chi connectivity index (χ2n) is 6.80. The van der Waals surface area contributed by atoms with Crippen molar-refractivity contribution < 1.29 is 9.90 Å². The van der Waals surface area contributed by atoms with Crippen LogP contribution in [0.1, 0.15) is 59.3 Å². The lowest BCUT2D eigenvalue weighted by Gasteiger charge is -2.34. The smallest absolute Gasteiger partial charge is 0.324 e. The maximum absolute atomic E-state index is 11.9. The van der Waals surface area contributed by atoms with E-state index in [4.69, 9.17) is 0 Å². The summed E-state index contributed by atoms with van der Waals surface area (Å²) in [4.78, 5) is 14.3. The third kappa shape index (κ3) is 3.34. The lowest BCUT2D eigenvalue weighted by Crippen LogP contribution is -2.56. The highest BCUT2D eigenvalue weighted by molar-refractivity contribution is 5.80. The number of nitrogens with zero attached hydrogens (tertiary/aromatic N) is 1. The van der Waals surface area contributed by atoms with Gasteiger partial charge in [0.2, 0.25) is 0 Å². The Bertz CT molecular complexity index is 341. The predicted molar refractivity (Wildman–Crippen MR) is 80.9 cm³/mol. The zero-order valence-corrected chi connectivity index (χ0v) is 13.2. The highest BCUT2D eigenvalue weighted by Gasteiger charge is 2.51. The molecule has 0 aliphatic heterocycles. The molecule has 0 radical (unpaired) electrons. The molecule has 2 fully saturated rings. The fourth-order valence-electron chi connectivity index (χ4n) is 3.70. The van der Waals surface area contributed by atoms with Crippen molar-refractivity contribution in [2.24, 2.45) is 5.92 Å². The summed E-state index contributed by atoms with van der Waals surface area (Å²) < 4.78 is 0. The van der Waals surface area contributed by atoms with Crippen LogP contribution >= 0.6 is 0 Å². The molecule has 2 saturated carbocycles. The molecule has 0 spiro atoms. The molecular formula is C16H30N2O2. The summed E-state index contributed by atoms with van der Waals surface area (Å²) in [5.41, 5.74) is -0.641. The van der Waals surface area contributed by atoms with Crippen molar-refractivity contribution in [1.82, 2.24) is 10.2 Å². The average Bonchev–Trinajstić information content (AvgIpc) is 3.10. The zero-order chi connectivity index (χ0) is 14.8. The SMILES string of the molecule is CCN(CCC1CCCC1(NC1CC1)C(=O)O)C(C)C. The summed E-state index contributed by atoms with van der Waals surface area (Å²) in [6.45, 7) is 8.67. The van der Waals surface area contributed by atoms with Gasteiger partial charge in [-0.15, -0.1) is 0 Å². The first-order chi connectivity index (χ1) is 9.49. The van der Waals surface area contributed by atoms with Gasteiger partial charge in [-0.3, -0.25) is 10.1 Å². The van der Waals surface area contributed by atoms with E-state index in [1.54, 1.807) is 0 Å². The van der Waals surface area contributed by atoms with Gasteiger partial charge in [0.05, 0.1) is 0 Å². The molecular weight excluding hydrogens is 252 g/mol. The summed E-state index contributed by atoms with van der Waals surface area (Å²) in [6.07, 6.45) is 6.20. The summed E-state index contributed by atoms with van der Waals surface area (Å²) in [5, 5.41) is 13.2. The molecule has 4 nitrogen and oxygen atoms in total. The number of rotatable bonds is 8. The maximum atomic E-state index is 11.9. The number of carboxylic acids is 1. The van der Waals surface area contributed by atoms with Crippen molar-refractivity contribution in [2.75, 3.05) is 13.1 Å². The van der Waals surface area contributed by atoms with Gasteiger partial charge in [0.15, 0.2) is 0 Å². The Hall–Kier alpha value is -0.610. The first-order valence-electron chi connectivity index (χ1n) is 8.24. The molecule has 0 amide bonds. The normalized spacial score (nSPS) is 30.4. The van der Waals surface area contributed by atoms with E-state index in [0.717, 1.165) is 51.6 Å². The van der Waals surface area contributed by atoms with Gasteiger partial charge in [-0.05, 0) is 65.0 Å². The van der Waals surface area contributed by atoms with E-state index >= 15 is 0 Å². The van der Waals surface area contributed by atoms with Crippen molar-refractivity contribution in [3.05, 3.63) is 0 Å². The average molecular weight is 282 g/mol. The van der Waals surface area contributed by atoms with Gasteiger partial charge >= 0.3 is 5.97 Å². The highest BCUT2D eigenvalue weighted by Crippen LogP contribution is 2.40. The van der Waals surface area contributed by atoms with Crippen LogP contribution in [0.2, 0.25) is 0 Å². The van der Waals surface area contributed by atoms with Crippen molar-refractivity contribution in [3.63, 3.8) is 0 Å². The Morgan fingerprint density at radius 1 is 1.40 bits per heavy atom. The molecule has 0 aromatic rings. The zero-order valence-electron chi connectivity index (χ0n) is 13.2. The molecule has 0 bridgehead atoms. The van der Waals surface area contributed by atoms with Crippen molar-refractivity contribution in [3.8, 4) is 0 Å². The van der Waals surface area contributed by atoms with Crippen LogP contribution in [-0.4, -0.2) is 46.7 Å². The van der Waals surface area contributed by atoms with Crippen LogP contribution in [0, 0.1) is 5.92 Å². The minimum absolute atomic E-state index is 0.286. The molecule has 4 heteroatoms. The van der Waals surface area contributed by atoms with Crippen LogP contribution in [-0.2, 0) is 4.79 Å². The molecule has 0 aromatic carbocycles. The minimum Gasteiger partial charge on any atom is -0.480 e.